The number of hydrogen-bond acceptors (Lipinski definition) is 3. The van der Waals surface area contributed by atoms with E-state index in [-0.39, 0.29) is 23.8 Å². The lowest BCUT2D eigenvalue weighted by molar-refractivity contribution is -0.137. The Labute approximate surface area is 151 Å². The molecular weight excluding hydrogens is 318 g/mol. The minimum absolute atomic E-state index is 0.00183. The first-order valence-electron chi connectivity index (χ1n) is 9.60. The van der Waals surface area contributed by atoms with Crippen LogP contribution in [0.15, 0.2) is 0 Å². The van der Waals surface area contributed by atoms with Gasteiger partial charge < -0.3 is 10.6 Å². The standard InChI is InChI=1S/C19H33N3O3/c1-5-6-7-8-9-20-15(23)12-22-16(24)19(21-17(22)25)11-14(2)10-18(3,4)13-19/h14H,5-13H2,1-4H3,(H,20,23)(H,21,25). The van der Waals surface area contributed by atoms with Crippen LogP contribution in [0.25, 0.3) is 0 Å². The van der Waals surface area contributed by atoms with E-state index < -0.39 is 11.6 Å². The molecule has 142 valence electrons. The predicted octanol–water partition coefficient (Wildman–Crippen LogP) is 2.82. The molecule has 0 aromatic heterocycles. The van der Waals surface area contributed by atoms with Crippen molar-refractivity contribution in [1.82, 2.24) is 15.5 Å². The second-order valence-corrected chi connectivity index (χ2v) is 8.67. The second-order valence-electron chi connectivity index (χ2n) is 8.67. The summed E-state index contributed by atoms with van der Waals surface area (Å²) >= 11 is 0. The van der Waals surface area contributed by atoms with E-state index in [4.69, 9.17) is 0 Å². The van der Waals surface area contributed by atoms with Gasteiger partial charge in [-0.3, -0.25) is 14.5 Å². The zero-order chi connectivity index (χ0) is 18.7. The number of imide groups is 1. The minimum Gasteiger partial charge on any atom is -0.355 e. The Balaban J connectivity index is 1.93. The van der Waals surface area contributed by atoms with Gasteiger partial charge in [-0.2, -0.15) is 0 Å². The van der Waals surface area contributed by atoms with Gasteiger partial charge in [0.15, 0.2) is 0 Å². The molecule has 1 spiro atoms. The highest BCUT2D eigenvalue weighted by molar-refractivity contribution is 6.09. The topological polar surface area (TPSA) is 78.5 Å². The molecular formula is C19H33N3O3. The first-order chi connectivity index (χ1) is 11.7. The van der Waals surface area contributed by atoms with Crippen LogP contribution in [0.3, 0.4) is 0 Å². The zero-order valence-corrected chi connectivity index (χ0v) is 16.1. The van der Waals surface area contributed by atoms with E-state index in [1.807, 2.05) is 0 Å². The molecule has 2 atom stereocenters. The van der Waals surface area contributed by atoms with Gasteiger partial charge in [-0.05, 0) is 37.0 Å². The first kappa shape index (κ1) is 19.7. The maximum Gasteiger partial charge on any atom is 0.325 e. The van der Waals surface area contributed by atoms with Crippen LogP contribution in [-0.4, -0.2) is 41.4 Å². The van der Waals surface area contributed by atoms with Gasteiger partial charge in [0.1, 0.15) is 12.1 Å². The average Bonchev–Trinajstić information content (AvgIpc) is 2.68. The van der Waals surface area contributed by atoms with Gasteiger partial charge in [-0.15, -0.1) is 0 Å². The summed E-state index contributed by atoms with van der Waals surface area (Å²) < 4.78 is 0. The number of nitrogens with zero attached hydrogens (tertiary/aromatic N) is 1. The fourth-order valence-corrected chi connectivity index (χ4v) is 4.63. The van der Waals surface area contributed by atoms with Crippen molar-refractivity contribution in [3.8, 4) is 0 Å². The molecule has 0 radical (unpaired) electrons. The first-order valence-corrected chi connectivity index (χ1v) is 9.60. The number of urea groups is 1. The maximum atomic E-state index is 12.9. The van der Waals surface area contributed by atoms with Crippen molar-refractivity contribution in [2.45, 2.75) is 78.2 Å². The zero-order valence-electron chi connectivity index (χ0n) is 16.1. The van der Waals surface area contributed by atoms with Crippen LogP contribution < -0.4 is 10.6 Å². The Morgan fingerprint density at radius 3 is 2.60 bits per heavy atom. The van der Waals surface area contributed by atoms with Crippen molar-refractivity contribution < 1.29 is 14.4 Å². The van der Waals surface area contributed by atoms with Gasteiger partial charge in [0.05, 0.1) is 0 Å². The highest BCUT2D eigenvalue weighted by atomic mass is 16.2. The van der Waals surface area contributed by atoms with Gasteiger partial charge >= 0.3 is 6.03 Å². The molecule has 0 bridgehead atoms. The number of carbonyl (C=O) groups excluding carboxylic acids is 3. The van der Waals surface area contributed by atoms with Crippen LogP contribution in [0.1, 0.15) is 72.6 Å². The van der Waals surface area contributed by atoms with E-state index in [1.54, 1.807) is 0 Å². The van der Waals surface area contributed by atoms with Crippen LogP contribution in [0, 0.1) is 11.3 Å². The summed E-state index contributed by atoms with van der Waals surface area (Å²) in [5, 5.41) is 5.72. The molecule has 1 aliphatic carbocycles. The van der Waals surface area contributed by atoms with E-state index in [1.165, 1.54) is 0 Å². The summed E-state index contributed by atoms with van der Waals surface area (Å²) in [6.07, 6.45) is 6.62. The normalized spacial score (nSPS) is 28.3. The summed E-state index contributed by atoms with van der Waals surface area (Å²) in [5.41, 5.74) is -0.836. The van der Waals surface area contributed by atoms with Crippen LogP contribution in [0.2, 0.25) is 0 Å². The monoisotopic (exact) mass is 351 g/mol. The lowest BCUT2D eigenvalue weighted by Crippen LogP contribution is -2.54. The smallest absolute Gasteiger partial charge is 0.325 e. The molecule has 0 aromatic rings. The number of hydrogen-bond donors (Lipinski definition) is 2. The summed E-state index contributed by atoms with van der Waals surface area (Å²) in [7, 11) is 0. The van der Waals surface area contributed by atoms with E-state index in [9.17, 15) is 14.4 Å². The number of nitrogens with one attached hydrogen (secondary N) is 2. The fraction of sp³-hybridized carbons (Fsp3) is 0.842. The molecule has 6 heteroatoms. The Morgan fingerprint density at radius 1 is 1.24 bits per heavy atom. The van der Waals surface area contributed by atoms with E-state index in [0.717, 1.165) is 37.0 Å². The van der Waals surface area contributed by atoms with Crippen LogP contribution in [-0.2, 0) is 9.59 Å². The third-order valence-corrected chi connectivity index (χ3v) is 5.28. The van der Waals surface area contributed by atoms with Gasteiger partial charge in [0.25, 0.3) is 5.91 Å². The van der Waals surface area contributed by atoms with Crippen LogP contribution in [0.5, 0.6) is 0 Å². The average molecular weight is 351 g/mol. The van der Waals surface area contributed by atoms with Gasteiger partial charge in [-0.25, -0.2) is 4.79 Å². The molecule has 2 aliphatic rings. The third-order valence-electron chi connectivity index (χ3n) is 5.28. The Bertz CT molecular complexity index is 532. The molecule has 2 unspecified atom stereocenters. The minimum atomic E-state index is -0.834. The number of carbonyl (C=O) groups is 3. The molecule has 25 heavy (non-hydrogen) atoms. The molecule has 2 fully saturated rings. The third kappa shape index (κ3) is 4.73. The second kappa shape index (κ2) is 7.75. The molecule has 6 nitrogen and oxygen atoms in total. The lowest BCUT2D eigenvalue weighted by Gasteiger charge is -2.43. The quantitative estimate of drug-likeness (QED) is 0.547. The van der Waals surface area contributed by atoms with Crippen molar-refractivity contribution in [2.75, 3.05) is 13.1 Å². The summed E-state index contributed by atoms with van der Waals surface area (Å²) in [6.45, 7) is 8.94. The highest BCUT2D eigenvalue weighted by Gasteiger charge is 2.56. The number of rotatable bonds is 7. The van der Waals surface area contributed by atoms with Crippen LogP contribution in [0.4, 0.5) is 4.79 Å². The lowest BCUT2D eigenvalue weighted by atomic mass is 9.64. The SMILES string of the molecule is CCCCCCNC(=O)CN1C(=O)NC2(CC(C)CC(C)(C)C2)C1=O. The van der Waals surface area contributed by atoms with Crippen molar-refractivity contribution >= 4 is 17.8 Å². The molecule has 1 heterocycles. The van der Waals surface area contributed by atoms with E-state index in [0.29, 0.717) is 25.3 Å². The van der Waals surface area contributed by atoms with Crippen LogP contribution >= 0.6 is 0 Å². The van der Waals surface area contributed by atoms with Crippen molar-refractivity contribution in [3.05, 3.63) is 0 Å². The number of amides is 4. The Hall–Kier alpha value is -1.59. The fourth-order valence-electron chi connectivity index (χ4n) is 4.63. The van der Waals surface area contributed by atoms with Gasteiger partial charge in [-0.1, -0.05) is 47.0 Å². The molecule has 0 aromatic carbocycles. The van der Waals surface area contributed by atoms with Gasteiger partial charge in [0.2, 0.25) is 5.91 Å². The highest BCUT2D eigenvalue weighted by Crippen LogP contribution is 2.46. The maximum absolute atomic E-state index is 12.9. The summed E-state index contributed by atoms with van der Waals surface area (Å²) in [6, 6.07) is -0.434. The van der Waals surface area contributed by atoms with Crippen molar-refractivity contribution in [2.24, 2.45) is 11.3 Å². The predicted molar refractivity (Wildman–Crippen MR) is 96.9 cm³/mol. The molecule has 1 aliphatic heterocycles. The van der Waals surface area contributed by atoms with E-state index in [2.05, 4.69) is 38.3 Å². The Kier molecular flexibility index (Phi) is 6.12. The van der Waals surface area contributed by atoms with Gasteiger partial charge in [0, 0.05) is 6.54 Å². The summed E-state index contributed by atoms with van der Waals surface area (Å²) in [4.78, 5) is 38.5. The largest absolute Gasteiger partial charge is 0.355 e. The molecule has 1 saturated heterocycles. The Morgan fingerprint density at radius 2 is 1.96 bits per heavy atom. The molecule has 2 rings (SSSR count). The number of unbranched alkanes of at least 4 members (excludes halogenated alkanes) is 3. The van der Waals surface area contributed by atoms with Crippen molar-refractivity contribution in [1.29, 1.82) is 0 Å². The van der Waals surface area contributed by atoms with Crippen molar-refractivity contribution in [3.63, 3.8) is 0 Å². The molecule has 2 N–H and O–H groups in total. The summed E-state index contributed by atoms with van der Waals surface area (Å²) in [5.74, 6) is -0.140. The van der Waals surface area contributed by atoms with E-state index >= 15 is 0 Å². The molecule has 4 amide bonds. The molecule has 1 saturated carbocycles.